The number of halogens is 1. The summed E-state index contributed by atoms with van der Waals surface area (Å²) in [6.07, 6.45) is 7.02. The Kier molecular flexibility index (Phi) is 7.95. The molecule has 0 radical (unpaired) electrons. The summed E-state index contributed by atoms with van der Waals surface area (Å²) < 4.78 is 5.92. The Labute approximate surface area is 231 Å². The summed E-state index contributed by atoms with van der Waals surface area (Å²) >= 11 is 6.16. The quantitative estimate of drug-likeness (QED) is 0.504. The molecule has 5 rings (SSSR count). The van der Waals surface area contributed by atoms with Gasteiger partial charge in [0, 0.05) is 55.5 Å². The molecule has 0 spiro atoms. The van der Waals surface area contributed by atoms with Crippen LogP contribution in [0.3, 0.4) is 0 Å². The van der Waals surface area contributed by atoms with Gasteiger partial charge in [-0.2, -0.15) is 0 Å². The Bertz CT molecular complexity index is 1030. The standard InChI is InChI=1S/C30H42ClN3O4/c1-20-4-10-24(11-5-20)38-29(37)32(3)26-19-34(18-25(26)21-6-8-23(31)9-7-21)27(35)22-12-16-33(17-13-22)28(36)30(2)14-15-30/h6-9,20,22,24-26H,4-5,10-19H2,1-3H3/t20?,24?,25-,26+/m1/s1. The topological polar surface area (TPSA) is 70.2 Å². The van der Waals surface area contributed by atoms with E-state index in [9.17, 15) is 14.4 Å². The summed E-state index contributed by atoms with van der Waals surface area (Å²) in [5, 5.41) is 0.664. The van der Waals surface area contributed by atoms with Gasteiger partial charge < -0.3 is 19.4 Å². The highest BCUT2D eigenvalue weighted by Gasteiger charge is 2.48. The average Bonchev–Trinajstić information content (AvgIpc) is 3.52. The first kappa shape index (κ1) is 27.3. The molecule has 1 aromatic carbocycles. The number of carbonyl (C=O) groups excluding carboxylic acids is 3. The van der Waals surface area contributed by atoms with Crippen molar-refractivity contribution in [1.29, 1.82) is 0 Å². The fourth-order valence-corrected chi connectivity index (χ4v) is 6.60. The van der Waals surface area contributed by atoms with Crippen LogP contribution in [0.2, 0.25) is 5.02 Å². The van der Waals surface area contributed by atoms with Crippen LogP contribution in [0.4, 0.5) is 4.79 Å². The molecule has 2 aliphatic heterocycles. The van der Waals surface area contributed by atoms with E-state index < -0.39 is 0 Å². The average molecular weight is 544 g/mol. The zero-order valence-corrected chi connectivity index (χ0v) is 23.8. The van der Waals surface area contributed by atoms with Crippen molar-refractivity contribution in [2.24, 2.45) is 17.3 Å². The van der Waals surface area contributed by atoms with Crippen molar-refractivity contribution in [2.75, 3.05) is 33.2 Å². The van der Waals surface area contributed by atoms with Gasteiger partial charge in [-0.3, -0.25) is 9.59 Å². The maximum atomic E-state index is 13.7. The number of hydrogen-bond donors (Lipinski definition) is 0. The number of likely N-dealkylation sites (N-methyl/N-ethyl adjacent to an activating group) is 1. The first-order chi connectivity index (χ1) is 18.1. The summed E-state index contributed by atoms with van der Waals surface area (Å²) in [6.45, 7) is 6.63. The number of rotatable bonds is 5. The smallest absolute Gasteiger partial charge is 0.410 e. The first-order valence-corrected chi connectivity index (χ1v) is 14.8. The van der Waals surface area contributed by atoms with Crippen molar-refractivity contribution in [2.45, 2.75) is 83.3 Å². The molecule has 2 aliphatic carbocycles. The molecule has 4 aliphatic rings. The van der Waals surface area contributed by atoms with Gasteiger partial charge in [-0.15, -0.1) is 0 Å². The van der Waals surface area contributed by atoms with Gasteiger partial charge in [-0.05, 0) is 75.0 Å². The largest absolute Gasteiger partial charge is 0.446 e. The van der Waals surface area contributed by atoms with Gasteiger partial charge in [0.15, 0.2) is 0 Å². The molecule has 4 fully saturated rings. The van der Waals surface area contributed by atoms with Crippen molar-refractivity contribution >= 4 is 29.5 Å². The highest BCUT2D eigenvalue weighted by atomic mass is 35.5. The van der Waals surface area contributed by atoms with Crippen LogP contribution < -0.4 is 0 Å². The maximum absolute atomic E-state index is 13.7. The van der Waals surface area contributed by atoms with Gasteiger partial charge in [0.25, 0.3) is 0 Å². The predicted octanol–water partition coefficient (Wildman–Crippen LogP) is 5.32. The Hall–Kier alpha value is -2.28. The number of nitrogens with zero attached hydrogens (tertiary/aromatic N) is 3. The Morgan fingerprint density at radius 1 is 0.947 bits per heavy atom. The van der Waals surface area contributed by atoms with Crippen LogP contribution in [-0.2, 0) is 14.3 Å². The molecule has 0 aromatic heterocycles. The fourth-order valence-electron chi connectivity index (χ4n) is 6.48. The molecular weight excluding hydrogens is 502 g/mol. The molecule has 2 heterocycles. The zero-order chi connectivity index (χ0) is 27.0. The van der Waals surface area contributed by atoms with Crippen LogP contribution >= 0.6 is 11.6 Å². The van der Waals surface area contributed by atoms with Crippen molar-refractivity contribution in [3.63, 3.8) is 0 Å². The van der Waals surface area contributed by atoms with Gasteiger partial charge in [-0.25, -0.2) is 4.79 Å². The van der Waals surface area contributed by atoms with E-state index in [1.165, 1.54) is 0 Å². The highest BCUT2D eigenvalue weighted by Crippen LogP contribution is 2.47. The molecule has 208 valence electrons. The Balaban J connectivity index is 1.24. The van der Waals surface area contributed by atoms with E-state index in [-0.39, 0.29) is 47.3 Å². The monoisotopic (exact) mass is 543 g/mol. The van der Waals surface area contributed by atoms with E-state index in [2.05, 4.69) is 6.92 Å². The lowest BCUT2D eigenvalue weighted by atomic mass is 9.89. The number of likely N-dealkylation sites (tertiary alicyclic amines) is 2. The molecule has 2 atom stereocenters. The van der Waals surface area contributed by atoms with Crippen LogP contribution in [0.5, 0.6) is 0 Å². The number of hydrogen-bond acceptors (Lipinski definition) is 4. The third-order valence-corrected chi connectivity index (χ3v) is 9.81. The molecule has 8 heteroatoms. The number of carbonyl (C=O) groups is 3. The van der Waals surface area contributed by atoms with Crippen molar-refractivity contribution in [1.82, 2.24) is 14.7 Å². The minimum absolute atomic E-state index is 0.0170. The summed E-state index contributed by atoms with van der Waals surface area (Å²) in [5.41, 5.74) is 0.902. The summed E-state index contributed by atoms with van der Waals surface area (Å²) in [7, 11) is 1.80. The second-order valence-corrected chi connectivity index (χ2v) is 12.9. The van der Waals surface area contributed by atoms with Gasteiger partial charge >= 0.3 is 6.09 Å². The molecule has 0 N–H and O–H groups in total. The zero-order valence-electron chi connectivity index (χ0n) is 23.0. The third-order valence-electron chi connectivity index (χ3n) is 9.56. The van der Waals surface area contributed by atoms with Crippen molar-refractivity contribution in [3.8, 4) is 0 Å². The van der Waals surface area contributed by atoms with E-state index >= 15 is 0 Å². The lowest BCUT2D eigenvalue weighted by molar-refractivity contribution is -0.142. The molecule has 1 aromatic rings. The van der Waals surface area contributed by atoms with Crippen LogP contribution in [0.1, 0.15) is 76.7 Å². The minimum Gasteiger partial charge on any atom is -0.446 e. The molecule has 0 bridgehead atoms. The van der Waals surface area contributed by atoms with Gasteiger partial charge in [0.05, 0.1) is 6.04 Å². The number of piperidine rings is 1. The fraction of sp³-hybridized carbons (Fsp3) is 0.700. The molecule has 2 saturated heterocycles. The summed E-state index contributed by atoms with van der Waals surface area (Å²) in [6, 6.07) is 7.56. The number of benzene rings is 1. The molecule has 3 amide bonds. The van der Waals surface area contributed by atoms with Crippen molar-refractivity contribution < 1.29 is 19.1 Å². The highest BCUT2D eigenvalue weighted by molar-refractivity contribution is 6.30. The molecule has 0 unspecified atom stereocenters. The van der Waals surface area contributed by atoms with Crippen LogP contribution in [0, 0.1) is 17.3 Å². The molecule has 2 saturated carbocycles. The molecule has 38 heavy (non-hydrogen) atoms. The number of amides is 3. The van der Waals surface area contributed by atoms with E-state index in [1.54, 1.807) is 11.9 Å². The van der Waals surface area contributed by atoms with E-state index in [1.807, 2.05) is 41.0 Å². The SMILES string of the molecule is CC1CCC(OC(=O)N(C)[C@H]2CN(C(=O)C3CCN(C(=O)C4(C)CC4)CC3)C[C@@H]2c2ccc(Cl)cc2)CC1. The van der Waals surface area contributed by atoms with Crippen LogP contribution in [0.25, 0.3) is 0 Å². The third kappa shape index (κ3) is 5.83. The first-order valence-electron chi connectivity index (χ1n) is 14.4. The number of ether oxygens (including phenoxy) is 1. The lowest BCUT2D eigenvalue weighted by Gasteiger charge is -2.35. The Morgan fingerprint density at radius 2 is 1.58 bits per heavy atom. The summed E-state index contributed by atoms with van der Waals surface area (Å²) in [4.78, 5) is 45.2. The Morgan fingerprint density at radius 3 is 2.18 bits per heavy atom. The minimum atomic E-state index is -0.303. The normalized spacial score (nSPS) is 29.2. The predicted molar refractivity (Wildman–Crippen MR) is 147 cm³/mol. The lowest BCUT2D eigenvalue weighted by Crippen LogP contribution is -2.47. The van der Waals surface area contributed by atoms with E-state index in [0.29, 0.717) is 50.0 Å². The second-order valence-electron chi connectivity index (χ2n) is 12.5. The van der Waals surface area contributed by atoms with Crippen molar-refractivity contribution in [3.05, 3.63) is 34.9 Å². The van der Waals surface area contributed by atoms with E-state index in [4.69, 9.17) is 16.3 Å². The second kappa shape index (κ2) is 11.1. The summed E-state index contributed by atoms with van der Waals surface area (Å²) in [5.74, 6) is 0.973. The maximum Gasteiger partial charge on any atom is 0.410 e. The van der Waals surface area contributed by atoms with Gasteiger partial charge in [-0.1, -0.05) is 37.6 Å². The van der Waals surface area contributed by atoms with Gasteiger partial charge in [0.2, 0.25) is 11.8 Å². The molecule has 7 nitrogen and oxygen atoms in total. The van der Waals surface area contributed by atoms with E-state index in [0.717, 1.165) is 44.1 Å². The van der Waals surface area contributed by atoms with Crippen LogP contribution in [0.15, 0.2) is 24.3 Å². The van der Waals surface area contributed by atoms with Gasteiger partial charge in [0.1, 0.15) is 6.10 Å². The van der Waals surface area contributed by atoms with Crippen LogP contribution in [-0.4, -0.2) is 78.0 Å². The molecular formula is C30H42ClN3O4.